The van der Waals surface area contributed by atoms with Crippen LogP contribution in [0.15, 0.2) is 47.4 Å². The van der Waals surface area contributed by atoms with E-state index in [0.717, 1.165) is 28.9 Å². The van der Waals surface area contributed by atoms with Crippen LogP contribution in [0, 0.1) is 6.92 Å². The number of hydrogen-bond donors (Lipinski definition) is 1. The molecule has 148 valence electrons. The van der Waals surface area contributed by atoms with E-state index in [1.54, 1.807) is 17.2 Å². The van der Waals surface area contributed by atoms with Gasteiger partial charge in [-0.2, -0.15) is 5.10 Å². The van der Waals surface area contributed by atoms with Crippen LogP contribution in [-0.4, -0.2) is 43.6 Å². The van der Waals surface area contributed by atoms with Crippen LogP contribution in [0.5, 0.6) is 0 Å². The number of likely N-dealkylation sites (tertiary alicyclic amines) is 1. The van der Waals surface area contributed by atoms with E-state index < -0.39 is 0 Å². The molecule has 3 aromatic heterocycles. The summed E-state index contributed by atoms with van der Waals surface area (Å²) in [6.07, 6.45) is 2.58. The molecule has 29 heavy (non-hydrogen) atoms. The van der Waals surface area contributed by atoms with E-state index in [1.165, 1.54) is 23.9 Å². The quantitative estimate of drug-likeness (QED) is 0.730. The Bertz CT molecular complexity index is 1120. The molecule has 1 aliphatic heterocycles. The largest absolute Gasteiger partial charge is 0.384 e. The van der Waals surface area contributed by atoms with Crippen LogP contribution in [0.4, 0.5) is 5.82 Å². The highest BCUT2D eigenvalue weighted by Crippen LogP contribution is 2.30. The molecule has 0 radical (unpaired) electrons. The molecule has 0 spiro atoms. The Labute approximate surface area is 168 Å². The van der Waals surface area contributed by atoms with Crippen molar-refractivity contribution in [3.05, 3.63) is 70.0 Å². The lowest BCUT2D eigenvalue weighted by atomic mass is 9.99. The number of anilines is 1. The highest BCUT2D eigenvalue weighted by molar-refractivity contribution is 5.92. The average Bonchev–Trinajstić information content (AvgIpc) is 3.20. The monoisotopic (exact) mass is 390 g/mol. The normalized spacial score (nSPS) is 16.2. The zero-order valence-corrected chi connectivity index (χ0v) is 16.4. The summed E-state index contributed by atoms with van der Waals surface area (Å²) in [5.74, 6) is 0.460. The molecule has 2 N–H and O–H groups in total. The number of hydrogen-bond acceptors (Lipinski definition) is 6. The van der Waals surface area contributed by atoms with Crippen LogP contribution in [0.25, 0.3) is 11.1 Å². The first-order valence-corrected chi connectivity index (χ1v) is 9.45. The third kappa shape index (κ3) is 3.87. The van der Waals surface area contributed by atoms with Crippen molar-refractivity contribution in [2.75, 3.05) is 18.8 Å². The van der Waals surface area contributed by atoms with Crippen molar-refractivity contribution in [2.24, 2.45) is 7.05 Å². The maximum atomic E-state index is 12.8. The number of rotatable bonds is 3. The van der Waals surface area contributed by atoms with Gasteiger partial charge in [-0.3, -0.25) is 14.6 Å². The molecule has 1 unspecified atom stereocenters. The maximum Gasteiger partial charge on any atom is 0.274 e. The number of carbonyl (C=O) groups excluding carboxylic acids is 1. The number of carbonyl (C=O) groups is 1. The van der Waals surface area contributed by atoms with Gasteiger partial charge in [0.05, 0.1) is 0 Å². The Morgan fingerprint density at radius 1 is 1.17 bits per heavy atom. The summed E-state index contributed by atoms with van der Waals surface area (Å²) in [6.45, 7) is 3.16. The summed E-state index contributed by atoms with van der Waals surface area (Å²) in [5, 5.41) is 4.07. The fraction of sp³-hybridized carbons (Fsp3) is 0.286. The van der Waals surface area contributed by atoms with Gasteiger partial charge in [-0.05, 0) is 49.2 Å². The second kappa shape index (κ2) is 7.46. The standard InChI is InChI=1S/C21H22N6O2/c1-13-9-16(14-3-5-19(22)23-11-14)10-18(24-13)15-7-8-27(12-15)21(29)17-4-6-20(28)26(2)25-17/h3-6,9-11,15H,7-8,12H2,1-2H3,(H2,22,23). The summed E-state index contributed by atoms with van der Waals surface area (Å²) in [4.78, 5) is 34.9. The number of amides is 1. The third-order valence-electron chi connectivity index (χ3n) is 5.17. The topological polar surface area (TPSA) is 107 Å². The van der Waals surface area contributed by atoms with Crippen molar-refractivity contribution in [1.29, 1.82) is 0 Å². The fourth-order valence-electron chi connectivity index (χ4n) is 3.61. The molecule has 0 bridgehead atoms. The van der Waals surface area contributed by atoms with Gasteiger partial charge in [0.25, 0.3) is 11.5 Å². The van der Waals surface area contributed by atoms with Crippen molar-refractivity contribution in [3.63, 3.8) is 0 Å². The summed E-state index contributed by atoms with van der Waals surface area (Å²) < 4.78 is 1.18. The SMILES string of the molecule is Cc1cc(-c2ccc(N)nc2)cc(C2CCN(C(=O)c3ccc(=O)n(C)n3)C2)n1. The lowest BCUT2D eigenvalue weighted by molar-refractivity contribution is 0.0782. The molecular weight excluding hydrogens is 368 g/mol. The van der Waals surface area contributed by atoms with Crippen LogP contribution >= 0.6 is 0 Å². The molecule has 4 rings (SSSR count). The molecule has 8 nitrogen and oxygen atoms in total. The minimum atomic E-state index is -0.241. The zero-order valence-electron chi connectivity index (χ0n) is 16.4. The molecular formula is C21H22N6O2. The van der Waals surface area contributed by atoms with E-state index in [-0.39, 0.29) is 23.1 Å². The first-order chi connectivity index (χ1) is 13.9. The van der Waals surface area contributed by atoms with Crippen LogP contribution in [0.3, 0.4) is 0 Å². The van der Waals surface area contributed by atoms with Gasteiger partial charge in [0.1, 0.15) is 11.5 Å². The van der Waals surface area contributed by atoms with Crippen molar-refractivity contribution in [1.82, 2.24) is 24.6 Å². The van der Waals surface area contributed by atoms with E-state index >= 15 is 0 Å². The molecule has 0 aromatic carbocycles. The number of aromatic nitrogens is 4. The van der Waals surface area contributed by atoms with Crippen molar-refractivity contribution in [2.45, 2.75) is 19.3 Å². The lowest BCUT2D eigenvalue weighted by Gasteiger charge is -2.17. The molecule has 4 heterocycles. The van der Waals surface area contributed by atoms with E-state index in [2.05, 4.69) is 16.1 Å². The Morgan fingerprint density at radius 3 is 2.72 bits per heavy atom. The Hall–Kier alpha value is -3.55. The summed E-state index contributed by atoms with van der Waals surface area (Å²) in [7, 11) is 1.54. The predicted octanol–water partition coefficient (Wildman–Crippen LogP) is 1.76. The second-order valence-corrected chi connectivity index (χ2v) is 7.31. The van der Waals surface area contributed by atoms with E-state index in [4.69, 9.17) is 10.7 Å². The molecule has 1 aliphatic rings. The molecule has 1 amide bonds. The van der Waals surface area contributed by atoms with Crippen LogP contribution in [0.2, 0.25) is 0 Å². The van der Waals surface area contributed by atoms with Gasteiger partial charge < -0.3 is 10.6 Å². The number of nitrogens with two attached hydrogens (primary N) is 1. The van der Waals surface area contributed by atoms with Gasteiger partial charge in [0.2, 0.25) is 0 Å². The van der Waals surface area contributed by atoms with E-state index in [0.29, 0.717) is 18.9 Å². The van der Waals surface area contributed by atoms with Gasteiger partial charge >= 0.3 is 0 Å². The Morgan fingerprint density at radius 2 is 2.00 bits per heavy atom. The predicted molar refractivity (Wildman–Crippen MR) is 109 cm³/mol. The van der Waals surface area contributed by atoms with Crippen LogP contribution in [-0.2, 0) is 7.05 Å². The van der Waals surface area contributed by atoms with Crippen molar-refractivity contribution >= 4 is 11.7 Å². The molecule has 1 atom stereocenters. The Balaban J connectivity index is 1.55. The highest BCUT2D eigenvalue weighted by Gasteiger charge is 2.30. The first-order valence-electron chi connectivity index (χ1n) is 9.45. The molecule has 0 saturated carbocycles. The molecule has 3 aromatic rings. The van der Waals surface area contributed by atoms with Crippen LogP contribution in [0.1, 0.15) is 34.2 Å². The molecule has 1 saturated heterocycles. The van der Waals surface area contributed by atoms with E-state index in [9.17, 15) is 9.59 Å². The molecule has 1 fully saturated rings. The number of pyridine rings is 2. The van der Waals surface area contributed by atoms with E-state index in [1.807, 2.05) is 19.1 Å². The summed E-state index contributed by atoms with van der Waals surface area (Å²) in [5.41, 5.74) is 9.61. The van der Waals surface area contributed by atoms with Crippen molar-refractivity contribution < 1.29 is 4.79 Å². The number of nitrogen functional groups attached to an aromatic ring is 1. The minimum Gasteiger partial charge on any atom is -0.384 e. The minimum absolute atomic E-state index is 0.145. The summed E-state index contributed by atoms with van der Waals surface area (Å²) in [6, 6.07) is 10.6. The molecule has 8 heteroatoms. The van der Waals surface area contributed by atoms with Gasteiger partial charge in [0, 0.05) is 55.3 Å². The number of aryl methyl sites for hydroxylation is 2. The van der Waals surface area contributed by atoms with Crippen LogP contribution < -0.4 is 11.3 Å². The first kappa shape index (κ1) is 18.8. The molecule has 0 aliphatic carbocycles. The average molecular weight is 390 g/mol. The third-order valence-corrected chi connectivity index (χ3v) is 5.17. The van der Waals surface area contributed by atoms with Gasteiger partial charge in [-0.15, -0.1) is 0 Å². The van der Waals surface area contributed by atoms with Gasteiger partial charge in [-0.25, -0.2) is 9.67 Å². The Kier molecular flexibility index (Phi) is 4.84. The lowest BCUT2D eigenvalue weighted by Crippen LogP contribution is -2.31. The summed E-state index contributed by atoms with van der Waals surface area (Å²) >= 11 is 0. The highest BCUT2D eigenvalue weighted by atomic mass is 16.2. The van der Waals surface area contributed by atoms with Crippen molar-refractivity contribution in [3.8, 4) is 11.1 Å². The maximum absolute atomic E-state index is 12.8. The van der Waals surface area contributed by atoms with Gasteiger partial charge in [-0.1, -0.05) is 0 Å². The second-order valence-electron chi connectivity index (χ2n) is 7.31. The van der Waals surface area contributed by atoms with Gasteiger partial charge in [0.15, 0.2) is 0 Å². The number of nitrogens with zero attached hydrogens (tertiary/aromatic N) is 5. The fourth-order valence-corrected chi connectivity index (χ4v) is 3.61. The zero-order chi connectivity index (χ0) is 20.5. The smallest absolute Gasteiger partial charge is 0.274 e.